The molecule has 0 amide bonds. The summed E-state index contributed by atoms with van der Waals surface area (Å²) in [6, 6.07) is 28.4. The molecule has 0 heterocycles. The molecule has 0 bridgehead atoms. The summed E-state index contributed by atoms with van der Waals surface area (Å²) < 4.78 is 13.7. The molecular formula is C23H15F. The van der Waals surface area contributed by atoms with Crippen molar-refractivity contribution in [2.45, 2.75) is 5.92 Å². The third-order valence-corrected chi connectivity index (χ3v) is 5.01. The molecule has 0 nitrogen and oxygen atoms in total. The van der Waals surface area contributed by atoms with E-state index in [1.807, 2.05) is 18.2 Å². The predicted octanol–water partition coefficient (Wildman–Crippen LogP) is 6.14. The summed E-state index contributed by atoms with van der Waals surface area (Å²) in [5.74, 6) is 0.0146. The fourth-order valence-electron chi connectivity index (χ4n) is 4.01. The lowest BCUT2D eigenvalue weighted by molar-refractivity contribution is 0.629. The molecule has 0 N–H and O–H groups in total. The van der Waals surface area contributed by atoms with E-state index in [1.165, 1.54) is 27.8 Å². The minimum absolute atomic E-state index is 0.186. The second kappa shape index (κ2) is 5.04. The quantitative estimate of drug-likeness (QED) is 0.349. The van der Waals surface area contributed by atoms with Crippen molar-refractivity contribution in [3.05, 3.63) is 107 Å². The topological polar surface area (TPSA) is 0 Å². The van der Waals surface area contributed by atoms with Crippen LogP contribution >= 0.6 is 0 Å². The number of halogens is 1. The van der Waals surface area contributed by atoms with Crippen LogP contribution in [0.1, 0.15) is 22.6 Å². The molecule has 0 fully saturated rings. The van der Waals surface area contributed by atoms with Crippen LogP contribution in [-0.2, 0) is 0 Å². The lowest BCUT2D eigenvalue weighted by Crippen LogP contribution is -1.99. The zero-order chi connectivity index (χ0) is 16.1. The predicted molar refractivity (Wildman–Crippen MR) is 96.7 cm³/mol. The lowest BCUT2D eigenvalue weighted by atomic mass is 9.87. The SMILES string of the molecule is Fc1ccc2c3c(ccc2c1)-c1ccccc1C3c1ccccc1. The van der Waals surface area contributed by atoms with Crippen LogP contribution in [0.3, 0.4) is 0 Å². The summed E-state index contributed by atoms with van der Waals surface area (Å²) in [5.41, 5.74) is 6.45. The summed E-state index contributed by atoms with van der Waals surface area (Å²) in [4.78, 5) is 0. The van der Waals surface area contributed by atoms with Gasteiger partial charge in [-0.25, -0.2) is 4.39 Å². The van der Waals surface area contributed by atoms with Gasteiger partial charge in [-0.1, -0.05) is 72.8 Å². The fourth-order valence-corrected chi connectivity index (χ4v) is 4.01. The van der Waals surface area contributed by atoms with Gasteiger partial charge in [0.1, 0.15) is 5.82 Å². The van der Waals surface area contributed by atoms with Crippen molar-refractivity contribution in [3.63, 3.8) is 0 Å². The van der Waals surface area contributed by atoms with Crippen LogP contribution < -0.4 is 0 Å². The lowest BCUT2D eigenvalue weighted by Gasteiger charge is -2.16. The first kappa shape index (κ1) is 13.5. The zero-order valence-corrected chi connectivity index (χ0v) is 13.0. The average Bonchev–Trinajstić information content (AvgIpc) is 2.97. The number of benzene rings is 4. The van der Waals surface area contributed by atoms with E-state index in [2.05, 4.69) is 54.6 Å². The molecule has 114 valence electrons. The van der Waals surface area contributed by atoms with Crippen LogP contribution in [0.5, 0.6) is 0 Å². The van der Waals surface area contributed by atoms with Gasteiger partial charge in [-0.2, -0.15) is 0 Å². The summed E-state index contributed by atoms with van der Waals surface area (Å²) in [7, 11) is 0. The highest BCUT2D eigenvalue weighted by Gasteiger charge is 2.31. The van der Waals surface area contributed by atoms with Gasteiger partial charge in [0.25, 0.3) is 0 Å². The maximum atomic E-state index is 13.7. The molecule has 4 aromatic carbocycles. The molecule has 0 saturated carbocycles. The molecule has 0 aromatic heterocycles. The van der Waals surface area contributed by atoms with Crippen LogP contribution in [0.4, 0.5) is 4.39 Å². The summed E-state index contributed by atoms with van der Waals surface area (Å²) >= 11 is 0. The molecule has 1 aliphatic carbocycles. The van der Waals surface area contributed by atoms with E-state index >= 15 is 0 Å². The highest BCUT2D eigenvalue weighted by atomic mass is 19.1. The number of hydrogen-bond donors (Lipinski definition) is 0. The average molecular weight is 310 g/mol. The molecule has 0 spiro atoms. The number of rotatable bonds is 1. The molecular weight excluding hydrogens is 295 g/mol. The largest absolute Gasteiger partial charge is 0.207 e. The third-order valence-electron chi connectivity index (χ3n) is 5.01. The number of hydrogen-bond acceptors (Lipinski definition) is 0. The van der Waals surface area contributed by atoms with Crippen LogP contribution in [0.25, 0.3) is 21.9 Å². The van der Waals surface area contributed by atoms with Gasteiger partial charge in [-0.3, -0.25) is 0 Å². The number of fused-ring (bicyclic) bond motifs is 5. The Morgan fingerprint density at radius 1 is 0.667 bits per heavy atom. The van der Waals surface area contributed by atoms with Crippen molar-refractivity contribution in [3.8, 4) is 11.1 Å². The molecule has 4 aromatic rings. The van der Waals surface area contributed by atoms with E-state index in [0.29, 0.717) is 0 Å². The molecule has 0 radical (unpaired) electrons. The Morgan fingerprint density at radius 3 is 2.33 bits per heavy atom. The first-order valence-corrected chi connectivity index (χ1v) is 8.19. The molecule has 1 aliphatic rings. The van der Waals surface area contributed by atoms with Crippen LogP contribution in [-0.4, -0.2) is 0 Å². The minimum Gasteiger partial charge on any atom is -0.207 e. The van der Waals surface area contributed by atoms with Crippen LogP contribution in [0, 0.1) is 5.82 Å². The van der Waals surface area contributed by atoms with Crippen molar-refractivity contribution in [2.24, 2.45) is 0 Å². The van der Waals surface area contributed by atoms with E-state index in [1.54, 1.807) is 12.1 Å². The summed E-state index contributed by atoms with van der Waals surface area (Å²) in [6.45, 7) is 0. The van der Waals surface area contributed by atoms with E-state index in [-0.39, 0.29) is 11.7 Å². The highest BCUT2D eigenvalue weighted by Crippen LogP contribution is 2.50. The van der Waals surface area contributed by atoms with E-state index in [4.69, 9.17) is 0 Å². The standard InChI is InChI=1S/C23H15F/c24-17-11-13-18-16(14-17)10-12-21-19-8-4-5-9-20(19)22(23(18)21)15-6-2-1-3-7-15/h1-14,22H. The van der Waals surface area contributed by atoms with Gasteiger partial charge in [0.15, 0.2) is 0 Å². The molecule has 0 aliphatic heterocycles. The molecule has 1 heteroatoms. The normalized spacial score (nSPS) is 15.3. The Balaban J connectivity index is 1.89. The zero-order valence-electron chi connectivity index (χ0n) is 13.0. The molecule has 5 rings (SSSR count). The second-order valence-corrected chi connectivity index (χ2v) is 6.32. The second-order valence-electron chi connectivity index (χ2n) is 6.32. The highest BCUT2D eigenvalue weighted by molar-refractivity contribution is 5.97. The van der Waals surface area contributed by atoms with Crippen molar-refractivity contribution in [1.29, 1.82) is 0 Å². The third kappa shape index (κ3) is 1.85. The molecule has 24 heavy (non-hydrogen) atoms. The molecule has 1 atom stereocenters. The van der Waals surface area contributed by atoms with Crippen molar-refractivity contribution in [1.82, 2.24) is 0 Å². The first-order valence-electron chi connectivity index (χ1n) is 8.19. The van der Waals surface area contributed by atoms with Crippen molar-refractivity contribution < 1.29 is 4.39 Å². The van der Waals surface area contributed by atoms with Gasteiger partial charge in [-0.15, -0.1) is 0 Å². The first-order chi connectivity index (χ1) is 11.8. The smallest absolute Gasteiger partial charge is 0.123 e. The van der Waals surface area contributed by atoms with Gasteiger partial charge in [0, 0.05) is 5.92 Å². The summed E-state index contributed by atoms with van der Waals surface area (Å²) in [6.07, 6.45) is 0. The van der Waals surface area contributed by atoms with E-state index < -0.39 is 0 Å². The Hall–Kier alpha value is -2.93. The van der Waals surface area contributed by atoms with Gasteiger partial charge in [0.05, 0.1) is 0 Å². The van der Waals surface area contributed by atoms with E-state index in [0.717, 1.165) is 10.8 Å². The molecule has 0 saturated heterocycles. The van der Waals surface area contributed by atoms with E-state index in [9.17, 15) is 4.39 Å². The maximum Gasteiger partial charge on any atom is 0.123 e. The summed E-state index contributed by atoms with van der Waals surface area (Å²) in [5, 5.41) is 2.10. The maximum absolute atomic E-state index is 13.7. The van der Waals surface area contributed by atoms with Gasteiger partial charge in [-0.05, 0) is 50.7 Å². The van der Waals surface area contributed by atoms with Gasteiger partial charge in [0.2, 0.25) is 0 Å². The monoisotopic (exact) mass is 310 g/mol. The molecule has 1 unspecified atom stereocenters. The Bertz CT molecular complexity index is 1060. The minimum atomic E-state index is -0.186. The Morgan fingerprint density at radius 2 is 1.46 bits per heavy atom. The fraction of sp³-hybridized carbons (Fsp3) is 0.0435. The Kier molecular flexibility index (Phi) is 2.83. The van der Waals surface area contributed by atoms with Gasteiger partial charge < -0.3 is 0 Å². The van der Waals surface area contributed by atoms with Crippen molar-refractivity contribution in [2.75, 3.05) is 0 Å². The van der Waals surface area contributed by atoms with Crippen LogP contribution in [0.2, 0.25) is 0 Å². The Labute approximate surface area is 140 Å². The van der Waals surface area contributed by atoms with Crippen molar-refractivity contribution >= 4 is 10.8 Å². The van der Waals surface area contributed by atoms with Gasteiger partial charge >= 0.3 is 0 Å². The van der Waals surface area contributed by atoms with Crippen LogP contribution in [0.15, 0.2) is 84.9 Å².